The largest absolute Gasteiger partial charge is 0.459 e. The molecule has 0 spiro atoms. The number of rotatable bonds is 2. The Hall–Kier alpha value is -2.04. The van der Waals surface area contributed by atoms with Gasteiger partial charge in [-0.3, -0.25) is 9.48 Å². The molecule has 1 aliphatic rings. The predicted octanol–water partition coefficient (Wildman–Crippen LogP) is 1.75. The van der Waals surface area contributed by atoms with Crippen LogP contribution in [0.5, 0.6) is 0 Å². The van der Waals surface area contributed by atoms with Gasteiger partial charge in [0, 0.05) is 12.6 Å². The predicted molar refractivity (Wildman–Crippen MR) is 61.9 cm³/mol. The molecule has 0 aliphatic heterocycles. The molecule has 5 nitrogen and oxygen atoms in total. The molecule has 5 heteroatoms. The lowest BCUT2D eigenvalue weighted by molar-refractivity contribution is 0.0995. The molecule has 0 atom stereocenters. The second-order valence-electron chi connectivity index (χ2n) is 4.18. The second-order valence-corrected chi connectivity index (χ2v) is 4.18. The van der Waals surface area contributed by atoms with E-state index in [2.05, 4.69) is 10.4 Å². The summed E-state index contributed by atoms with van der Waals surface area (Å²) in [6, 6.07) is 3.34. The summed E-state index contributed by atoms with van der Waals surface area (Å²) in [5.74, 6) is 0.879. The van der Waals surface area contributed by atoms with Crippen molar-refractivity contribution >= 4 is 11.7 Å². The maximum absolute atomic E-state index is 11.9. The molecule has 0 radical (unpaired) electrons. The van der Waals surface area contributed by atoms with E-state index in [-0.39, 0.29) is 5.91 Å². The SMILES string of the molecule is Cn1nc2c(c1NC(=O)c1ccco1)CCC2. The van der Waals surface area contributed by atoms with E-state index in [0.29, 0.717) is 5.76 Å². The standard InChI is InChI=1S/C12H13N3O2/c1-15-11(8-4-2-5-9(8)14-15)13-12(16)10-6-3-7-17-10/h3,6-7H,2,4-5H2,1H3,(H,13,16). The molecule has 88 valence electrons. The maximum atomic E-state index is 11.9. The number of nitrogens with one attached hydrogen (secondary N) is 1. The fraction of sp³-hybridized carbons (Fsp3) is 0.333. The molecular formula is C12H13N3O2. The van der Waals surface area contributed by atoms with Crippen LogP contribution in [0.25, 0.3) is 0 Å². The number of carbonyl (C=O) groups is 1. The van der Waals surface area contributed by atoms with Crippen molar-refractivity contribution in [3.8, 4) is 0 Å². The van der Waals surface area contributed by atoms with Crippen LogP contribution in [0.4, 0.5) is 5.82 Å². The van der Waals surface area contributed by atoms with Gasteiger partial charge in [0.2, 0.25) is 0 Å². The summed E-state index contributed by atoms with van der Waals surface area (Å²) >= 11 is 0. The number of hydrogen-bond donors (Lipinski definition) is 1. The summed E-state index contributed by atoms with van der Waals surface area (Å²) < 4.78 is 6.79. The third kappa shape index (κ3) is 1.63. The molecular weight excluding hydrogens is 218 g/mol. The monoisotopic (exact) mass is 231 g/mol. The van der Waals surface area contributed by atoms with Crippen LogP contribution < -0.4 is 5.32 Å². The van der Waals surface area contributed by atoms with E-state index in [4.69, 9.17) is 4.42 Å². The summed E-state index contributed by atoms with van der Waals surface area (Å²) in [4.78, 5) is 11.9. The van der Waals surface area contributed by atoms with Crippen molar-refractivity contribution < 1.29 is 9.21 Å². The average Bonchev–Trinajstić information content (AvgIpc) is 2.98. The topological polar surface area (TPSA) is 60.1 Å². The Bertz CT molecular complexity index is 555. The van der Waals surface area contributed by atoms with E-state index in [0.717, 1.165) is 36.3 Å². The molecule has 0 bridgehead atoms. The molecule has 3 rings (SSSR count). The van der Waals surface area contributed by atoms with E-state index in [1.807, 2.05) is 7.05 Å². The van der Waals surface area contributed by atoms with Crippen molar-refractivity contribution in [3.05, 3.63) is 35.4 Å². The molecule has 2 heterocycles. The van der Waals surface area contributed by atoms with E-state index >= 15 is 0 Å². The van der Waals surface area contributed by atoms with Gasteiger partial charge in [0.25, 0.3) is 5.91 Å². The van der Waals surface area contributed by atoms with Crippen LogP contribution >= 0.6 is 0 Å². The molecule has 17 heavy (non-hydrogen) atoms. The zero-order chi connectivity index (χ0) is 11.8. The van der Waals surface area contributed by atoms with Crippen molar-refractivity contribution in [2.75, 3.05) is 5.32 Å². The Balaban J connectivity index is 1.88. The molecule has 2 aromatic rings. The van der Waals surface area contributed by atoms with Crippen molar-refractivity contribution in [1.29, 1.82) is 0 Å². The van der Waals surface area contributed by atoms with Gasteiger partial charge in [-0.15, -0.1) is 0 Å². The minimum Gasteiger partial charge on any atom is -0.459 e. The normalized spacial score (nSPS) is 13.7. The van der Waals surface area contributed by atoms with Crippen LogP contribution in [0.2, 0.25) is 0 Å². The quantitative estimate of drug-likeness (QED) is 0.856. The molecule has 0 saturated heterocycles. The summed E-state index contributed by atoms with van der Waals surface area (Å²) in [5, 5.41) is 7.26. The highest BCUT2D eigenvalue weighted by Crippen LogP contribution is 2.28. The van der Waals surface area contributed by atoms with Crippen LogP contribution in [0.1, 0.15) is 28.2 Å². The Morgan fingerprint density at radius 3 is 3.18 bits per heavy atom. The minimum atomic E-state index is -0.229. The van der Waals surface area contributed by atoms with E-state index < -0.39 is 0 Å². The van der Waals surface area contributed by atoms with Crippen LogP contribution in [-0.2, 0) is 19.9 Å². The van der Waals surface area contributed by atoms with E-state index in [1.54, 1.807) is 16.8 Å². The fourth-order valence-corrected chi connectivity index (χ4v) is 2.25. The van der Waals surface area contributed by atoms with Crippen molar-refractivity contribution in [2.24, 2.45) is 7.05 Å². The Morgan fingerprint density at radius 1 is 1.53 bits per heavy atom. The molecule has 0 unspecified atom stereocenters. The lowest BCUT2D eigenvalue weighted by Crippen LogP contribution is -2.15. The summed E-state index contributed by atoms with van der Waals surface area (Å²) in [5.41, 5.74) is 2.26. The van der Waals surface area contributed by atoms with Crippen LogP contribution in [0, 0.1) is 0 Å². The number of fused-ring (bicyclic) bond motifs is 1. The van der Waals surface area contributed by atoms with Crippen molar-refractivity contribution in [1.82, 2.24) is 9.78 Å². The molecule has 0 fully saturated rings. The zero-order valence-electron chi connectivity index (χ0n) is 9.56. The molecule has 0 saturated carbocycles. The highest BCUT2D eigenvalue weighted by Gasteiger charge is 2.22. The average molecular weight is 231 g/mol. The number of anilines is 1. The Morgan fingerprint density at radius 2 is 2.41 bits per heavy atom. The van der Waals surface area contributed by atoms with Crippen LogP contribution in [-0.4, -0.2) is 15.7 Å². The first-order valence-electron chi connectivity index (χ1n) is 5.65. The summed E-state index contributed by atoms with van der Waals surface area (Å²) in [6.45, 7) is 0. The molecule has 1 aliphatic carbocycles. The number of nitrogens with zero attached hydrogens (tertiary/aromatic N) is 2. The Labute approximate surface area is 98.4 Å². The maximum Gasteiger partial charge on any atom is 0.292 e. The van der Waals surface area contributed by atoms with Gasteiger partial charge in [-0.25, -0.2) is 0 Å². The smallest absolute Gasteiger partial charge is 0.292 e. The molecule has 0 aromatic carbocycles. The van der Waals surface area contributed by atoms with Crippen molar-refractivity contribution in [3.63, 3.8) is 0 Å². The van der Waals surface area contributed by atoms with Crippen LogP contribution in [0.3, 0.4) is 0 Å². The van der Waals surface area contributed by atoms with Gasteiger partial charge in [-0.1, -0.05) is 0 Å². The third-order valence-electron chi connectivity index (χ3n) is 3.05. The van der Waals surface area contributed by atoms with Gasteiger partial charge < -0.3 is 9.73 Å². The number of aromatic nitrogens is 2. The summed E-state index contributed by atoms with van der Waals surface area (Å²) in [7, 11) is 1.84. The molecule has 2 aromatic heterocycles. The van der Waals surface area contributed by atoms with E-state index in [9.17, 15) is 4.79 Å². The number of carbonyl (C=O) groups excluding carboxylic acids is 1. The number of amides is 1. The van der Waals surface area contributed by atoms with Gasteiger partial charge in [-0.2, -0.15) is 5.10 Å². The number of furan rings is 1. The highest BCUT2D eigenvalue weighted by atomic mass is 16.3. The van der Waals surface area contributed by atoms with Gasteiger partial charge in [-0.05, 0) is 31.4 Å². The first-order valence-corrected chi connectivity index (χ1v) is 5.65. The first kappa shape index (κ1) is 10.1. The second kappa shape index (κ2) is 3.76. The van der Waals surface area contributed by atoms with Crippen LogP contribution in [0.15, 0.2) is 22.8 Å². The van der Waals surface area contributed by atoms with Gasteiger partial charge >= 0.3 is 0 Å². The number of aryl methyl sites for hydroxylation is 2. The van der Waals surface area contributed by atoms with Gasteiger partial charge in [0.05, 0.1) is 12.0 Å². The lowest BCUT2D eigenvalue weighted by atomic mass is 10.2. The third-order valence-corrected chi connectivity index (χ3v) is 3.05. The van der Waals surface area contributed by atoms with Gasteiger partial charge in [0.1, 0.15) is 5.82 Å². The lowest BCUT2D eigenvalue weighted by Gasteiger charge is -2.05. The minimum absolute atomic E-state index is 0.229. The summed E-state index contributed by atoms with van der Waals surface area (Å²) in [6.07, 6.45) is 4.58. The molecule has 1 N–H and O–H groups in total. The van der Waals surface area contributed by atoms with E-state index in [1.165, 1.54) is 6.26 Å². The Kier molecular flexibility index (Phi) is 2.24. The van der Waals surface area contributed by atoms with Crippen molar-refractivity contribution in [2.45, 2.75) is 19.3 Å². The zero-order valence-corrected chi connectivity index (χ0v) is 9.56. The molecule has 1 amide bonds. The fourth-order valence-electron chi connectivity index (χ4n) is 2.25. The van der Waals surface area contributed by atoms with Gasteiger partial charge in [0.15, 0.2) is 5.76 Å². The number of hydrogen-bond acceptors (Lipinski definition) is 3. The first-order chi connectivity index (χ1) is 8.25. The highest BCUT2D eigenvalue weighted by molar-refractivity contribution is 6.02.